The van der Waals surface area contributed by atoms with E-state index in [1.165, 1.54) is 4.57 Å². The molecule has 0 saturated heterocycles. The molecule has 1 aliphatic carbocycles. The quantitative estimate of drug-likeness (QED) is 0.732. The van der Waals surface area contributed by atoms with Crippen molar-refractivity contribution >= 4 is 22.0 Å². The molecule has 6 nitrogen and oxygen atoms in total. The van der Waals surface area contributed by atoms with Crippen molar-refractivity contribution in [2.75, 3.05) is 0 Å². The van der Waals surface area contributed by atoms with Crippen LogP contribution in [0.25, 0.3) is 22.0 Å². The van der Waals surface area contributed by atoms with E-state index in [0.717, 1.165) is 18.9 Å². The Hall–Kier alpha value is -2.48. The fourth-order valence-corrected chi connectivity index (χ4v) is 4.15. The molecule has 0 amide bonds. The Balaban J connectivity index is 2.10. The SMILES string of the molecule is CCn1c2o[nH]c(=O)c2c(=O)c2cc(F)c(C3CCCC(N)C3)c(F)c21. The number of hydrogen-bond donors (Lipinski definition) is 2. The molecule has 1 saturated carbocycles. The second-order valence-electron chi connectivity index (χ2n) is 6.89. The smallest absolute Gasteiger partial charge is 0.293 e. The van der Waals surface area contributed by atoms with Gasteiger partial charge in [-0.05, 0) is 38.2 Å². The molecule has 8 heteroatoms. The van der Waals surface area contributed by atoms with Crippen molar-refractivity contribution in [1.82, 2.24) is 9.72 Å². The van der Waals surface area contributed by atoms with Gasteiger partial charge in [0.05, 0.1) is 10.9 Å². The van der Waals surface area contributed by atoms with Crippen LogP contribution >= 0.6 is 0 Å². The van der Waals surface area contributed by atoms with Gasteiger partial charge < -0.3 is 14.8 Å². The number of nitrogens with one attached hydrogen (secondary N) is 1. The van der Waals surface area contributed by atoms with Gasteiger partial charge in [0.2, 0.25) is 11.1 Å². The number of benzene rings is 1. The van der Waals surface area contributed by atoms with E-state index in [0.29, 0.717) is 12.8 Å². The average molecular weight is 363 g/mol. The first-order valence-corrected chi connectivity index (χ1v) is 8.75. The summed E-state index contributed by atoms with van der Waals surface area (Å²) < 4.78 is 36.7. The molecular weight excluding hydrogens is 344 g/mol. The number of nitrogens with two attached hydrogens (primary N) is 1. The molecule has 2 atom stereocenters. The Kier molecular flexibility index (Phi) is 3.95. The van der Waals surface area contributed by atoms with Gasteiger partial charge in [-0.3, -0.25) is 9.59 Å². The highest BCUT2D eigenvalue weighted by atomic mass is 19.1. The summed E-state index contributed by atoms with van der Waals surface area (Å²) in [6.07, 6.45) is 2.78. The largest absolute Gasteiger partial charge is 0.360 e. The molecule has 2 aromatic heterocycles. The summed E-state index contributed by atoms with van der Waals surface area (Å²) in [6.45, 7) is 1.98. The maximum Gasteiger partial charge on any atom is 0.293 e. The zero-order valence-corrected chi connectivity index (χ0v) is 14.3. The van der Waals surface area contributed by atoms with Crippen molar-refractivity contribution in [3.05, 3.63) is 43.8 Å². The normalized spacial score (nSPS) is 20.9. The third kappa shape index (κ3) is 2.32. The third-order valence-electron chi connectivity index (χ3n) is 5.34. The lowest BCUT2D eigenvalue weighted by Crippen LogP contribution is -2.28. The molecule has 4 rings (SSSR count). The Morgan fingerprint density at radius 1 is 1.35 bits per heavy atom. The number of aromatic nitrogens is 2. The fourth-order valence-electron chi connectivity index (χ4n) is 4.15. The number of aryl methyl sites for hydroxylation is 1. The van der Waals surface area contributed by atoms with Crippen LogP contribution in [0, 0.1) is 11.6 Å². The molecule has 138 valence electrons. The van der Waals surface area contributed by atoms with Crippen LogP contribution in [-0.2, 0) is 6.54 Å². The summed E-state index contributed by atoms with van der Waals surface area (Å²) in [5.74, 6) is -1.88. The Morgan fingerprint density at radius 3 is 2.81 bits per heavy atom. The molecule has 1 fully saturated rings. The van der Waals surface area contributed by atoms with Crippen molar-refractivity contribution in [2.24, 2.45) is 5.73 Å². The zero-order valence-electron chi connectivity index (χ0n) is 14.3. The maximum absolute atomic E-state index is 15.4. The van der Waals surface area contributed by atoms with Gasteiger partial charge >= 0.3 is 0 Å². The van der Waals surface area contributed by atoms with Gasteiger partial charge in [-0.2, -0.15) is 5.16 Å². The van der Waals surface area contributed by atoms with Crippen molar-refractivity contribution in [3.63, 3.8) is 0 Å². The number of nitrogens with zero attached hydrogens (tertiary/aromatic N) is 1. The molecule has 0 aliphatic heterocycles. The molecule has 1 aromatic carbocycles. The van der Waals surface area contributed by atoms with Gasteiger partial charge in [-0.15, -0.1) is 0 Å². The summed E-state index contributed by atoms with van der Waals surface area (Å²) in [7, 11) is 0. The van der Waals surface area contributed by atoms with Gasteiger partial charge in [0.1, 0.15) is 5.82 Å². The molecule has 2 unspecified atom stereocenters. The minimum Gasteiger partial charge on any atom is -0.360 e. The van der Waals surface area contributed by atoms with Crippen LogP contribution in [0.15, 0.2) is 20.2 Å². The van der Waals surface area contributed by atoms with Crippen molar-refractivity contribution in [3.8, 4) is 0 Å². The summed E-state index contributed by atoms with van der Waals surface area (Å²) in [6, 6.07) is 0.940. The lowest BCUT2D eigenvalue weighted by atomic mass is 9.81. The zero-order chi connectivity index (χ0) is 18.6. The molecule has 3 aromatic rings. The van der Waals surface area contributed by atoms with Gasteiger partial charge in [0.25, 0.3) is 5.56 Å². The van der Waals surface area contributed by atoms with E-state index >= 15 is 4.39 Å². The van der Waals surface area contributed by atoms with Crippen molar-refractivity contribution < 1.29 is 13.3 Å². The van der Waals surface area contributed by atoms with Crippen LogP contribution in [0.3, 0.4) is 0 Å². The summed E-state index contributed by atoms with van der Waals surface area (Å²) in [5, 5.41) is 1.71. The minimum absolute atomic E-state index is 0.0354. The predicted molar refractivity (Wildman–Crippen MR) is 93.4 cm³/mol. The highest BCUT2D eigenvalue weighted by Crippen LogP contribution is 2.37. The van der Waals surface area contributed by atoms with E-state index < -0.39 is 22.6 Å². The Bertz CT molecular complexity index is 1130. The lowest BCUT2D eigenvalue weighted by molar-refractivity contribution is 0.374. The first-order valence-electron chi connectivity index (χ1n) is 8.75. The van der Waals surface area contributed by atoms with Crippen molar-refractivity contribution in [2.45, 2.75) is 51.1 Å². The van der Waals surface area contributed by atoms with Gasteiger partial charge in [-0.1, -0.05) is 6.42 Å². The molecule has 0 bridgehead atoms. The minimum atomic E-state index is -0.774. The van der Waals surface area contributed by atoms with Gasteiger partial charge in [0, 0.05) is 18.2 Å². The van der Waals surface area contributed by atoms with Crippen LogP contribution in [0.5, 0.6) is 0 Å². The van der Waals surface area contributed by atoms with E-state index in [1.54, 1.807) is 6.92 Å². The topological polar surface area (TPSA) is 94.0 Å². The molecular formula is C18H19F2N3O3. The van der Waals surface area contributed by atoms with Crippen LogP contribution in [0.4, 0.5) is 8.78 Å². The van der Waals surface area contributed by atoms with Crippen LogP contribution in [0.1, 0.15) is 44.1 Å². The lowest BCUT2D eigenvalue weighted by Gasteiger charge is -2.28. The first-order chi connectivity index (χ1) is 12.4. The van der Waals surface area contributed by atoms with E-state index in [2.05, 4.69) is 5.16 Å². The van der Waals surface area contributed by atoms with Crippen molar-refractivity contribution in [1.29, 1.82) is 0 Å². The Morgan fingerprint density at radius 2 is 2.12 bits per heavy atom. The number of H-pyrrole nitrogens is 1. The molecule has 2 heterocycles. The molecule has 1 aliphatic rings. The molecule has 26 heavy (non-hydrogen) atoms. The monoisotopic (exact) mass is 363 g/mol. The molecule has 0 radical (unpaired) electrons. The van der Waals surface area contributed by atoms with Gasteiger partial charge in [-0.25, -0.2) is 8.78 Å². The summed E-state index contributed by atoms with van der Waals surface area (Å²) >= 11 is 0. The molecule has 3 N–H and O–H groups in total. The van der Waals surface area contributed by atoms with Crippen LogP contribution < -0.4 is 16.7 Å². The van der Waals surface area contributed by atoms with Gasteiger partial charge in [0.15, 0.2) is 11.2 Å². The number of pyridine rings is 1. The van der Waals surface area contributed by atoms with Crippen LogP contribution in [0.2, 0.25) is 0 Å². The number of halogens is 2. The Labute approximate surface area is 146 Å². The second-order valence-corrected chi connectivity index (χ2v) is 6.89. The number of fused-ring (bicyclic) bond motifs is 2. The first kappa shape index (κ1) is 17.0. The fraction of sp³-hybridized carbons (Fsp3) is 0.444. The van der Waals surface area contributed by atoms with E-state index in [4.69, 9.17) is 10.3 Å². The standard InChI is InChI=1S/C18H19F2N3O3/c1-2-23-15-10(16(24)13-17(25)22-26-18(13)23)7-11(19)12(14(15)20)8-4-3-5-9(21)6-8/h7-9H,2-6,21H2,1H3,(H,22,25). The number of aromatic amines is 1. The van der Waals surface area contributed by atoms with Crippen LogP contribution in [-0.4, -0.2) is 15.8 Å². The number of rotatable bonds is 2. The predicted octanol–water partition coefficient (Wildman–Crippen LogP) is 2.72. The average Bonchev–Trinajstić information content (AvgIpc) is 2.98. The number of hydrogen-bond acceptors (Lipinski definition) is 4. The summed E-state index contributed by atoms with van der Waals surface area (Å²) in [5.41, 5.74) is 4.42. The second kappa shape index (κ2) is 6.05. The van der Waals surface area contributed by atoms with E-state index in [1.807, 2.05) is 0 Å². The highest BCUT2D eigenvalue weighted by Gasteiger charge is 2.29. The highest BCUT2D eigenvalue weighted by molar-refractivity contribution is 5.91. The van der Waals surface area contributed by atoms with E-state index in [-0.39, 0.29) is 46.1 Å². The molecule has 0 spiro atoms. The summed E-state index contributed by atoms with van der Waals surface area (Å²) in [4.78, 5) is 24.5. The maximum atomic E-state index is 15.4. The third-order valence-corrected chi connectivity index (χ3v) is 5.34. The van der Waals surface area contributed by atoms with E-state index in [9.17, 15) is 14.0 Å².